The molecule has 30 heavy (non-hydrogen) atoms. The summed E-state index contributed by atoms with van der Waals surface area (Å²) < 4.78 is 13.1. The van der Waals surface area contributed by atoms with Crippen molar-refractivity contribution < 1.29 is 14.0 Å². The zero-order valence-corrected chi connectivity index (χ0v) is 18.0. The van der Waals surface area contributed by atoms with Gasteiger partial charge in [-0.15, -0.1) is 0 Å². The molecular formula is C24H30FN3O2. The van der Waals surface area contributed by atoms with Crippen molar-refractivity contribution in [2.45, 2.75) is 32.6 Å². The van der Waals surface area contributed by atoms with Crippen LogP contribution in [0.3, 0.4) is 0 Å². The third-order valence-corrected chi connectivity index (χ3v) is 5.46. The summed E-state index contributed by atoms with van der Waals surface area (Å²) >= 11 is 0. The van der Waals surface area contributed by atoms with Crippen LogP contribution in [0, 0.1) is 5.82 Å². The van der Waals surface area contributed by atoms with Gasteiger partial charge in [0.2, 0.25) is 5.91 Å². The predicted octanol–water partition coefficient (Wildman–Crippen LogP) is 3.59. The van der Waals surface area contributed by atoms with E-state index < -0.39 is 0 Å². The Bertz CT molecular complexity index is 865. The van der Waals surface area contributed by atoms with Crippen molar-refractivity contribution >= 4 is 17.5 Å². The number of rotatable bonds is 5. The Labute approximate surface area is 177 Å². The zero-order chi connectivity index (χ0) is 21.7. The summed E-state index contributed by atoms with van der Waals surface area (Å²) in [6.45, 7) is 9.38. The number of anilines is 1. The average molecular weight is 412 g/mol. The van der Waals surface area contributed by atoms with E-state index in [2.05, 4.69) is 31.0 Å². The van der Waals surface area contributed by atoms with Crippen LogP contribution in [0.15, 0.2) is 48.5 Å². The molecule has 160 valence electrons. The fourth-order valence-corrected chi connectivity index (χ4v) is 3.53. The Kier molecular flexibility index (Phi) is 6.75. The summed E-state index contributed by atoms with van der Waals surface area (Å²) in [7, 11) is 0. The molecule has 0 spiro atoms. The van der Waals surface area contributed by atoms with Gasteiger partial charge in [0.25, 0.3) is 5.91 Å². The van der Waals surface area contributed by atoms with Gasteiger partial charge in [0.15, 0.2) is 0 Å². The van der Waals surface area contributed by atoms with E-state index >= 15 is 0 Å². The fraction of sp³-hybridized carbons (Fsp3) is 0.417. The molecule has 5 nitrogen and oxygen atoms in total. The number of nitrogens with zero attached hydrogens (tertiary/aromatic N) is 2. The SMILES string of the molecule is CC(C)(C)c1ccc(C(=O)NCCC(=O)N2CCN(c3ccc(F)cc3)CC2)cc1. The van der Waals surface area contributed by atoms with Gasteiger partial charge in [-0.25, -0.2) is 4.39 Å². The second kappa shape index (κ2) is 9.28. The molecular weight excluding hydrogens is 381 g/mol. The maximum absolute atomic E-state index is 13.1. The third-order valence-electron chi connectivity index (χ3n) is 5.46. The number of halogens is 1. The minimum atomic E-state index is -0.250. The lowest BCUT2D eigenvalue weighted by molar-refractivity contribution is -0.131. The van der Waals surface area contributed by atoms with Gasteiger partial charge < -0.3 is 15.1 Å². The van der Waals surface area contributed by atoms with Crippen LogP contribution in [0.2, 0.25) is 0 Å². The summed E-state index contributed by atoms with van der Waals surface area (Å²) in [6, 6.07) is 14.0. The molecule has 0 atom stereocenters. The van der Waals surface area contributed by atoms with Crippen molar-refractivity contribution in [3.8, 4) is 0 Å². The van der Waals surface area contributed by atoms with E-state index in [0.29, 0.717) is 38.3 Å². The lowest BCUT2D eigenvalue weighted by Crippen LogP contribution is -2.49. The lowest BCUT2D eigenvalue weighted by atomic mass is 9.87. The highest BCUT2D eigenvalue weighted by molar-refractivity contribution is 5.94. The van der Waals surface area contributed by atoms with Gasteiger partial charge in [-0.2, -0.15) is 0 Å². The second-order valence-electron chi connectivity index (χ2n) is 8.68. The first-order valence-electron chi connectivity index (χ1n) is 10.4. The fourth-order valence-electron chi connectivity index (χ4n) is 3.53. The molecule has 0 aliphatic carbocycles. The number of nitrogens with one attached hydrogen (secondary N) is 1. The molecule has 1 N–H and O–H groups in total. The van der Waals surface area contributed by atoms with Crippen molar-refractivity contribution in [3.05, 3.63) is 65.5 Å². The molecule has 2 aromatic rings. The molecule has 0 radical (unpaired) electrons. The molecule has 2 aromatic carbocycles. The molecule has 1 aliphatic heterocycles. The van der Waals surface area contributed by atoms with Crippen LogP contribution in [0.4, 0.5) is 10.1 Å². The van der Waals surface area contributed by atoms with Crippen LogP contribution >= 0.6 is 0 Å². The average Bonchev–Trinajstić information content (AvgIpc) is 2.74. The van der Waals surface area contributed by atoms with E-state index in [1.165, 1.54) is 17.7 Å². The first kappa shape index (κ1) is 21.8. The molecule has 3 rings (SSSR count). The van der Waals surface area contributed by atoms with Crippen LogP contribution in [0.5, 0.6) is 0 Å². The Balaban J connectivity index is 1.41. The number of amides is 2. The Morgan fingerprint density at radius 3 is 2.10 bits per heavy atom. The van der Waals surface area contributed by atoms with Crippen LogP contribution in [-0.2, 0) is 10.2 Å². The Hall–Kier alpha value is -2.89. The molecule has 6 heteroatoms. The van der Waals surface area contributed by atoms with Crippen LogP contribution in [0.1, 0.15) is 43.1 Å². The maximum atomic E-state index is 13.1. The van der Waals surface area contributed by atoms with Crippen LogP contribution in [0.25, 0.3) is 0 Å². The molecule has 0 saturated carbocycles. The Morgan fingerprint density at radius 1 is 0.933 bits per heavy atom. The van der Waals surface area contributed by atoms with Gasteiger partial charge in [0.1, 0.15) is 5.82 Å². The summed E-state index contributed by atoms with van der Waals surface area (Å²) in [4.78, 5) is 28.8. The molecule has 1 fully saturated rings. The minimum Gasteiger partial charge on any atom is -0.368 e. The van der Waals surface area contributed by atoms with E-state index in [0.717, 1.165) is 5.69 Å². The van der Waals surface area contributed by atoms with E-state index in [-0.39, 0.29) is 29.5 Å². The van der Waals surface area contributed by atoms with Gasteiger partial charge in [-0.05, 0) is 47.4 Å². The van der Waals surface area contributed by atoms with Crippen molar-refractivity contribution in [1.29, 1.82) is 0 Å². The summed E-state index contributed by atoms with van der Waals surface area (Å²) in [5.74, 6) is -0.374. The molecule has 1 heterocycles. The highest BCUT2D eigenvalue weighted by atomic mass is 19.1. The summed E-state index contributed by atoms with van der Waals surface area (Å²) in [6.07, 6.45) is 0.280. The predicted molar refractivity (Wildman–Crippen MR) is 117 cm³/mol. The van der Waals surface area contributed by atoms with E-state index in [1.54, 1.807) is 12.1 Å². The molecule has 0 bridgehead atoms. The molecule has 1 saturated heterocycles. The minimum absolute atomic E-state index is 0.0390. The topological polar surface area (TPSA) is 52.7 Å². The quantitative estimate of drug-likeness (QED) is 0.818. The second-order valence-corrected chi connectivity index (χ2v) is 8.68. The number of benzene rings is 2. The van der Waals surface area contributed by atoms with Crippen molar-refractivity contribution in [1.82, 2.24) is 10.2 Å². The van der Waals surface area contributed by atoms with Crippen LogP contribution < -0.4 is 10.2 Å². The third kappa shape index (κ3) is 5.59. The maximum Gasteiger partial charge on any atom is 0.251 e. The summed E-state index contributed by atoms with van der Waals surface area (Å²) in [5.41, 5.74) is 2.79. The van der Waals surface area contributed by atoms with E-state index in [1.807, 2.05) is 29.2 Å². The number of carbonyl (C=O) groups is 2. The van der Waals surface area contributed by atoms with Gasteiger partial charge in [0, 0.05) is 50.4 Å². The number of carbonyl (C=O) groups excluding carboxylic acids is 2. The van der Waals surface area contributed by atoms with Crippen LogP contribution in [-0.4, -0.2) is 49.4 Å². The molecule has 0 aromatic heterocycles. The highest BCUT2D eigenvalue weighted by Crippen LogP contribution is 2.22. The zero-order valence-electron chi connectivity index (χ0n) is 18.0. The molecule has 2 amide bonds. The van der Waals surface area contributed by atoms with E-state index in [4.69, 9.17) is 0 Å². The normalized spacial score (nSPS) is 14.5. The Morgan fingerprint density at radius 2 is 1.53 bits per heavy atom. The smallest absolute Gasteiger partial charge is 0.251 e. The first-order chi connectivity index (χ1) is 14.2. The summed E-state index contributed by atoms with van der Waals surface area (Å²) in [5, 5.41) is 2.83. The first-order valence-corrected chi connectivity index (χ1v) is 10.4. The van der Waals surface area contributed by atoms with Gasteiger partial charge >= 0.3 is 0 Å². The number of hydrogen-bond acceptors (Lipinski definition) is 3. The van der Waals surface area contributed by atoms with Gasteiger partial charge in [0.05, 0.1) is 0 Å². The van der Waals surface area contributed by atoms with Crippen molar-refractivity contribution in [2.24, 2.45) is 0 Å². The van der Waals surface area contributed by atoms with Crippen molar-refractivity contribution in [2.75, 3.05) is 37.6 Å². The van der Waals surface area contributed by atoms with Crippen molar-refractivity contribution in [3.63, 3.8) is 0 Å². The molecule has 0 unspecified atom stereocenters. The number of piperazine rings is 1. The van der Waals surface area contributed by atoms with E-state index in [9.17, 15) is 14.0 Å². The largest absolute Gasteiger partial charge is 0.368 e. The standard InChI is InChI=1S/C24H30FN3O2/c1-24(2,3)19-6-4-18(5-7-19)23(30)26-13-12-22(29)28-16-14-27(15-17-28)21-10-8-20(25)9-11-21/h4-11H,12-17H2,1-3H3,(H,26,30). The number of hydrogen-bond donors (Lipinski definition) is 1. The molecule has 1 aliphatic rings. The highest BCUT2D eigenvalue weighted by Gasteiger charge is 2.21. The van der Waals surface area contributed by atoms with Gasteiger partial charge in [-0.3, -0.25) is 9.59 Å². The lowest BCUT2D eigenvalue weighted by Gasteiger charge is -2.36. The monoisotopic (exact) mass is 411 g/mol. The van der Waals surface area contributed by atoms with Gasteiger partial charge in [-0.1, -0.05) is 32.9 Å².